The topological polar surface area (TPSA) is 49.3 Å². The van der Waals surface area contributed by atoms with Crippen molar-refractivity contribution in [3.05, 3.63) is 46.3 Å². The summed E-state index contributed by atoms with van der Waals surface area (Å²) in [5, 5.41) is 13.0. The minimum atomic E-state index is -0.806. The van der Waals surface area contributed by atoms with Crippen molar-refractivity contribution in [2.24, 2.45) is 5.92 Å². The molecule has 21 heavy (non-hydrogen) atoms. The van der Waals surface area contributed by atoms with E-state index in [0.29, 0.717) is 6.54 Å². The summed E-state index contributed by atoms with van der Waals surface area (Å²) in [5.74, 6) is -0.752. The van der Waals surface area contributed by atoms with Gasteiger partial charge < -0.3 is 5.11 Å². The molecule has 0 unspecified atom stereocenters. The van der Waals surface area contributed by atoms with E-state index in [1.165, 1.54) is 0 Å². The van der Waals surface area contributed by atoms with E-state index in [-0.39, 0.29) is 5.92 Å². The van der Waals surface area contributed by atoms with Gasteiger partial charge in [-0.05, 0) is 35.7 Å². The fourth-order valence-corrected chi connectivity index (χ4v) is 3.15. The lowest BCUT2D eigenvalue weighted by Gasteiger charge is -2.17. The van der Waals surface area contributed by atoms with E-state index in [4.69, 9.17) is 16.7 Å². The number of rotatable bonds is 6. The van der Waals surface area contributed by atoms with Crippen molar-refractivity contribution in [1.29, 1.82) is 0 Å². The third-order valence-electron chi connectivity index (χ3n) is 3.22. The first-order valence-corrected chi connectivity index (χ1v) is 7.97. The minimum absolute atomic E-state index is 0.0539. The Kier molecular flexibility index (Phi) is 5.39. The molecule has 0 fully saturated rings. The zero-order chi connectivity index (χ0) is 15.4. The van der Waals surface area contributed by atoms with Crippen LogP contribution >= 0.6 is 22.9 Å². The van der Waals surface area contributed by atoms with Crippen molar-refractivity contribution < 1.29 is 9.90 Å². The molecule has 0 spiro atoms. The second-order valence-corrected chi connectivity index (χ2v) is 6.82. The van der Waals surface area contributed by atoms with E-state index in [2.05, 4.69) is 11.4 Å². The number of halogens is 1. The Labute approximate surface area is 133 Å². The number of benzene rings is 1. The predicted molar refractivity (Wildman–Crippen MR) is 87.9 cm³/mol. The lowest BCUT2D eigenvalue weighted by molar-refractivity contribution is -0.140. The first kappa shape index (κ1) is 16.0. The predicted octanol–water partition coefficient (Wildman–Crippen LogP) is 4.27. The SMILES string of the molecule is CC(C)[C@@H](NCc1ccc(-c2ccc(Cl)cc2)s1)C(=O)O. The normalized spacial score (nSPS) is 12.6. The molecule has 0 aliphatic heterocycles. The van der Waals surface area contributed by atoms with Crippen molar-refractivity contribution in [3.63, 3.8) is 0 Å². The molecule has 1 aromatic carbocycles. The molecule has 2 rings (SSSR count). The molecule has 0 amide bonds. The van der Waals surface area contributed by atoms with Crippen LogP contribution in [-0.4, -0.2) is 17.1 Å². The summed E-state index contributed by atoms with van der Waals surface area (Å²) in [6.45, 7) is 4.37. The van der Waals surface area contributed by atoms with E-state index in [0.717, 1.165) is 20.3 Å². The van der Waals surface area contributed by atoms with E-state index < -0.39 is 12.0 Å². The molecule has 2 aromatic rings. The second kappa shape index (κ2) is 7.07. The Balaban J connectivity index is 2.03. The van der Waals surface area contributed by atoms with Crippen LogP contribution < -0.4 is 5.32 Å². The molecule has 2 N–H and O–H groups in total. The first-order valence-electron chi connectivity index (χ1n) is 6.78. The van der Waals surface area contributed by atoms with Crippen LogP contribution in [-0.2, 0) is 11.3 Å². The summed E-state index contributed by atoms with van der Waals surface area (Å²) in [6, 6.07) is 11.3. The third kappa shape index (κ3) is 4.30. The van der Waals surface area contributed by atoms with Gasteiger partial charge in [0.15, 0.2) is 0 Å². The zero-order valence-corrected chi connectivity index (χ0v) is 13.5. The largest absolute Gasteiger partial charge is 0.480 e. The third-order valence-corrected chi connectivity index (χ3v) is 4.61. The highest BCUT2D eigenvalue weighted by Crippen LogP contribution is 2.29. The van der Waals surface area contributed by atoms with Crippen LogP contribution in [0.15, 0.2) is 36.4 Å². The summed E-state index contributed by atoms with van der Waals surface area (Å²) >= 11 is 7.54. The van der Waals surface area contributed by atoms with Crippen LogP contribution in [0.4, 0.5) is 0 Å². The standard InChI is InChI=1S/C16H18ClNO2S/c1-10(2)15(16(19)20)18-9-13-7-8-14(21-13)11-3-5-12(17)6-4-11/h3-8,10,15,18H,9H2,1-2H3,(H,19,20)/t15-/m1/s1. The molecule has 0 aliphatic rings. The van der Waals surface area contributed by atoms with Crippen molar-refractivity contribution >= 4 is 28.9 Å². The Hall–Kier alpha value is -1.36. The molecular weight excluding hydrogens is 306 g/mol. The zero-order valence-electron chi connectivity index (χ0n) is 12.0. The van der Waals surface area contributed by atoms with Gasteiger partial charge in [0.05, 0.1) is 0 Å². The maximum Gasteiger partial charge on any atom is 0.320 e. The Morgan fingerprint density at radius 1 is 1.24 bits per heavy atom. The molecule has 3 nitrogen and oxygen atoms in total. The highest BCUT2D eigenvalue weighted by Gasteiger charge is 2.20. The lowest BCUT2D eigenvalue weighted by atomic mass is 10.1. The van der Waals surface area contributed by atoms with Crippen molar-refractivity contribution in [3.8, 4) is 10.4 Å². The minimum Gasteiger partial charge on any atom is -0.480 e. The van der Waals surface area contributed by atoms with Crippen molar-refractivity contribution in [2.45, 2.75) is 26.4 Å². The van der Waals surface area contributed by atoms with E-state index in [1.54, 1.807) is 11.3 Å². The Morgan fingerprint density at radius 3 is 2.48 bits per heavy atom. The quantitative estimate of drug-likeness (QED) is 0.834. The first-order chi connectivity index (χ1) is 9.97. The molecule has 5 heteroatoms. The fraction of sp³-hybridized carbons (Fsp3) is 0.312. The van der Waals surface area contributed by atoms with Gasteiger partial charge in [-0.25, -0.2) is 0 Å². The molecule has 1 atom stereocenters. The van der Waals surface area contributed by atoms with Crippen LogP contribution in [0.5, 0.6) is 0 Å². The van der Waals surface area contributed by atoms with Gasteiger partial charge in [-0.3, -0.25) is 10.1 Å². The number of nitrogens with one attached hydrogen (secondary N) is 1. The van der Waals surface area contributed by atoms with Crippen LogP contribution in [0, 0.1) is 5.92 Å². The number of carboxylic acid groups (broad SMARTS) is 1. The number of aliphatic carboxylic acids is 1. The van der Waals surface area contributed by atoms with Gasteiger partial charge >= 0.3 is 5.97 Å². The van der Waals surface area contributed by atoms with Crippen LogP contribution in [0.2, 0.25) is 5.02 Å². The molecule has 0 aliphatic carbocycles. The maximum absolute atomic E-state index is 11.1. The molecule has 112 valence electrons. The number of hydrogen-bond donors (Lipinski definition) is 2. The van der Waals surface area contributed by atoms with Gasteiger partial charge in [-0.15, -0.1) is 11.3 Å². The average molecular weight is 324 g/mol. The van der Waals surface area contributed by atoms with Gasteiger partial charge in [0.2, 0.25) is 0 Å². The Bertz CT molecular complexity index is 607. The van der Waals surface area contributed by atoms with E-state index >= 15 is 0 Å². The fourth-order valence-electron chi connectivity index (χ4n) is 2.06. The smallest absolute Gasteiger partial charge is 0.320 e. The number of carbonyl (C=O) groups is 1. The summed E-state index contributed by atoms with van der Waals surface area (Å²) in [5.41, 5.74) is 1.12. The Morgan fingerprint density at radius 2 is 1.90 bits per heavy atom. The second-order valence-electron chi connectivity index (χ2n) is 5.21. The van der Waals surface area contributed by atoms with Gasteiger partial charge in [0, 0.05) is 21.3 Å². The van der Waals surface area contributed by atoms with Gasteiger partial charge in [0.1, 0.15) is 6.04 Å². The van der Waals surface area contributed by atoms with Crippen LogP contribution in [0.25, 0.3) is 10.4 Å². The molecule has 0 saturated heterocycles. The summed E-state index contributed by atoms with van der Waals surface area (Å²) in [6.07, 6.45) is 0. The van der Waals surface area contributed by atoms with Gasteiger partial charge in [0.25, 0.3) is 0 Å². The highest BCUT2D eigenvalue weighted by atomic mass is 35.5. The average Bonchev–Trinajstić information content (AvgIpc) is 2.87. The van der Waals surface area contributed by atoms with E-state index in [1.807, 2.05) is 44.2 Å². The molecule has 1 aromatic heterocycles. The summed E-state index contributed by atoms with van der Waals surface area (Å²) in [7, 11) is 0. The molecule has 0 radical (unpaired) electrons. The maximum atomic E-state index is 11.1. The van der Waals surface area contributed by atoms with Gasteiger partial charge in [-0.2, -0.15) is 0 Å². The lowest BCUT2D eigenvalue weighted by Crippen LogP contribution is -2.40. The molecule has 0 saturated carbocycles. The van der Waals surface area contributed by atoms with Crippen molar-refractivity contribution in [1.82, 2.24) is 5.32 Å². The molecule has 0 bridgehead atoms. The van der Waals surface area contributed by atoms with Crippen molar-refractivity contribution in [2.75, 3.05) is 0 Å². The van der Waals surface area contributed by atoms with Crippen LogP contribution in [0.1, 0.15) is 18.7 Å². The van der Waals surface area contributed by atoms with Crippen LogP contribution in [0.3, 0.4) is 0 Å². The molecule has 1 heterocycles. The number of hydrogen-bond acceptors (Lipinski definition) is 3. The van der Waals surface area contributed by atoms with Gasteiger partial charge in [-0.1, -0.05) is 37.6 Å². The number of thiophene rings is 1. The molecular formula is C16H18ClNO2S. The summed E-state index contributed by atoms with van der Waals surface area (Å²) in [4.78, 5) is 13.4. The monoisotopic (exact) mass is 323 g/mol. The number of carboxylic acids is 1. The highest BCUT2D eigenvalue weighted by molar-refractivity contribution is 7.15. The summed E-state index contributed by atoms with van der Waals surface area (Å²) < 4.78 is 0. The van der Waals surface area contributed by atoms with E-state index in [9.17, 15) is 4.79 Å².